The molecule has 3 rings (SSSR count). The second-order valence-corrected chi connectivity index (χ2v) is 5.50. The summed E-state index contributed by atoms with van der Waals surface area (Å²) in [6.07, 6.45) is 0.699. The predicted octanol–water partition coefficient (Wildman–Crippen LogP) is 2.19. The molecule has 9 heteroatoms. The van der Waals surface area contributed by atoms with Crippen molar-refractivity contribution >= 4 is 11.6 Å². The molecular formula is C17H19N5O4. The number of nitrogens with zero attached hydrogens (tertiary/aromatic N) is 3. The largest absolute Gasteiger partial charge is 0.479 e. The third kappa shape index (κ3) is 4.45. The number of aromatic nitrogens is 4. The van der Waals surface area contributed by atoms with Gasteiger partial charge in [-0.05, 0) is 17.3 Å². The molecule has 0 radical (unpaired) electrons. The maximum Gasteiger partial charge on any atom is 0.254 e. The lowest BCUT2D eigenvalue weighted by atomic mass is 10.2. The van der Waals surface area contributed by atoms with E-state index in [0.717, 1.165) is 5.56 Å². The molecule has 0 saturated heterocycles. The zero-order valence-electron chi connectivity index (χ0n) is 14.5. The Morgan fingerprint density at radius 3 is 2.96 bits per heavy atom. The summed E-state index contributed by atoms with van der Waals surface area (Å²) in [5.41, 5.74) is 1.46. The molecule has 0 unspecified atom stereocenters. The summed E-state index contributed by atoms with van der Waals surface area (Å²) in [4.78, 5) is 16.5. The minimum atomic E-state index is -0.132. The first-order chi connectivity index (χ1) is 12.7. The summed E-state index contributed by atoms with van der Waals surface area (Å²) in [6, 6.07) is 8.99. The highest BCUT2D eigenvalue weighted by molar-refractivity contribution is 5.91. The Hall–Kier alpha value is -3.20. The lowest BCUT2D eigenvalue weighted by molar-refractivity contribution is -0.116. The van der Waals surface area contributed by atoms with Crippen molar-refractivity contribution in [3.05, 3.63) is 41.9 Å². The van der Waals surface area contributed by atoms with Crippen molar-refractivity contribution in [1.82, 2.24) is 20.3 Å². The van der Waals surface area contributed by atoms with Crippen molar-refractivity contribution in [3.63, 3.8) is 0 Å². The van der Waals surface area contributed by atoms with Crippen LogP contribution in [-0.2, 0) is 22.6 Å². The Bertz CT molecular complexity index is 873. The molecule has 0 aliphatic rings. The fraction of sp³-hybridized carbons (Fsp3) is 0.294. The number of methoxy groups -OCH3 is 2. The number of ether oxygens (including phenoxy) is 2. The van der Waals surface area contributed by atoms with Gasteiger partial charge < -0.3 is 19.3 Å². The van der Waals surface area contributed by atoms with Crippen molar-refractivity contribution in [2.24, 2.45) is 0 Å². The summed E-state index contributed by atoms with van der Waals surface area (Å²) in [7, 11) is 3.10. The molecule has 0 aliphatic carbocycles. The number of rotatable bonds is 8. The van der Waals surface area contributed by atoms with Crippen LogP contribution in [0.4, 0.5) is 5.69 Å². The third-order valence-corrected chi connectivity index (χ3v) is 3.56. The number of hydrogen-bond donors (Lipinski definition) is 2. The second kappa shape index (κ2) is 8.26. The molecule has 9 nitrogen and oxygen atoms in total. The van der Waals surface area contributed by atoms with Crippen LogP contribution in [0.3, 0.4) is 0 Å². The Morgan fingerprint density at radius 2 is 2.19 bits per heavy atom. The maximum absolute atomic E-state index is 12.1. The molecule has 0 spiro atoms. The number of aromatic amines is 1. The van der Waals surface area contributed by atoms with E-state index in [0.29, 0.717) is 42.0 Å². The van der Waals surface area contributed by atoms with E-state index in [1.807, 2.05) is 24.3 Å². The maximum atomic E-state index is 12.1. The van der Waals surface area contributed by atoms with Crippen molar-refractivity contribution in [2.75, 3.05) is 19.5 Å². The topological polar surface area (TPSA) is 115 Å². The summed E-state index contributed by atoms with van der Waals surface area (Å²) >= 11 is 0. The van der Waals surface area contributed by atoms with E-state index in [1.54, 1.807) is 13.2 Å². The molecule has 1 amide bonds. The Labute approximate surface area is 149 Å². The van der Waals surface area contributed by atoms with E-state index in [4.69, 9.17) is 14.0 Å². The molecule has 26 heavy (non-hydrogen) atoms. The molecule has 2 N–H and O–H groups in total. The van der Waals surface area contributed by atoms with Crippen molar-refractivity contribution in [3.8, 4) is 17.3 Å². The SMILES string of the molecule is COCc1nc(-c2cccc(NC(=O)CCc3cc(OC)no3)c2)n[nH]1. The van der Waals surface area contributed by atoms with Gasteiger partial charge in [0.15, 0.2) is 11.6 Å². The van der Waals surface area contributed by atoms with Gasteiger partial charge in [-0.3, -0.25) is 9.89 Å². The number of aryl methyl sites for hydroxylation is 1. The van der Waals surface area contributed by atoms with Crippen LogP contribution in [0, 0.1) is 0 Å². The van der Waals surface area contributed by atoms with Crippen LogP contribution in [-0.4, -0.2) is 40.5 Å². The standard InChI is InChI=1S/C17H19N5O4/c1-24-10-14-19-17(21-20-14)11-4-3-5-12(8-11)18-15(23)7-6-13-9-16(25-2)22-26-13/h3-5,8-9H,6-7,10H2,1-2H3,(H,18,23)(H,19,20,21). The number of amides is 1. The number of nitrogens with one attached hydrogen (secondary N) is 2. The quantitative estimate of drug-likeness (QED) is 0.635. The fourth-order valence-electron chi connectivity index (χ4n) is 2.33. The van der Waals surface area contributed by atoms with Gasteiger partial charge in [-0.25, -0.2) is 4.98 Å². The molecular weight excluding hydrogens is 338 g/mol. The molecule has 0 bridgehead atoms. The fourth-order valence-corrected chi connectivity index (χ4v) is 2.33. The van der Waals surface area contributed by atoms with Crippen molar-refractivity contribution in [1.29, 1.82) is 0 Å². The first-order valence-corrected chi connectivity index (χ1v) is 7.98. The molecule has 2 heterocycles. The highest BCUT2D eigenvalue weighted by Crippen LogP contribution is 2.20. The van der Waals surface area contributed by atoms with Crippen molar-refractivity contribution < 1.29 is 18.8 Å². The van der Waals surface area contributed by atoms with Crippen LogP contribution in [0.1, 0.15) is 18.0 Å². The molecule has 0 aliphatic heterocycles. The summed E-state index contributed by atoms with van der Waals surface area (Å²) in [5, 5.41) is 13.5. The smallest absolute Gasteiger partial charge is 0.254 e. The van der Waals surface area contributed by atoms with Gasteiger partial charge in [0.2, 0.25) is 5.91 Å². The third-order valence-electron chi connectivity index (χ3n) is 3.56. The monoisotopic (exact) mass is 357 g/mol. The highest BCUT2D eigenvalue weighted by Gasteiger charge is 2.10. The van der Waals surface area contributed by atoms with Gasteiger partial charge in [0, 0.05) is 37.3 Å². The number of carbonyl (C=O) groups excluding carboxylic acids is 1. The van der Waals surface area contributed by atoms with Gasteiger partial charge in [0.1, 0.15) is 12.4 Å². The van der Waals surface area contributed by atoms with E-state index in [-0.39, 0.29) is 12.3 Å². The lowest BCUT2D eigenvalue weighted by Gasteiger charge is -2.05. The Kier molecular flexibility index (Phi) is 5.59. The normalized spacial score (nSPS) is 10.7. The summed E-state index contributed by atoms with van der Waals surface area (Å²) < 4.78 is 15.0. The van der Waals surface area contributed by atoms with Crippen LogP contribution in [0.2, 0.25) is 0 Å². The van der Waals surface area contributed by atoms with Gasteiger partial charge in [0.05, 0.1) is 7.11 Å². The molecule has 0 saturated carbocycles. The molecule has 136 valence electrons. The van der Waals surface area contributed by atoms with Gasteiger partial charge in [-0.2, -0.15) is 5.10 Å². The van der Waals surface area contributed by atoms with Crippen molar-refractivity contribution in [2.45, 2.75) is 19.4 Å². The van der Waals surface area contributed by atoms with Crippen LogP contribution >= 0.6 is 0 Å². The lowest BCUT2D eigenvalue weighted by Crippen LogP contribution is -2.12. The second-order valence-electron chi connectivity index (χ2n) is 5.50. The van der Waals surface area contributed by atoms with E-state index in [2.05, 4.69) is 25.7 Å². The van der Waals surface area contributed by atoms with E-state index >= 15 is 0 Å². The first-order valence-electron chi connectivity index (χ1n) is 7.98. The van der Waals surface area contributed by atoms with Crippen LogP contribution in [0.15, 0.2) is 34.9 Å². The first kappa shape index (κ1) is 17.6. The highest BCUT2D eigenvalue weighted by atomic mass is 16.5. The molecule has 1 aromatic carbocycles. The minimum absolute atomic E-state index is 0.132. The number of H-pyrrole nitrogens is 1. The van der Waals surface area contributed by atoms with Gasteiger partial charge in [0.25, 0.3) is 5.88 Å². The summed E-state index contributed by atoms with van der Waals surface area (Å²) in [5.74, 6) is 2.04. The van der Waals surface area contributed by atoms with E-state index < -0.39 is 0 Å². The zero-order valence-corrected chi connectivity index (χ0v) is 14.5. The number of benzene rings is 1. The van der Waals surface area contributed by atoms with Crippen LogP contribution < -0.4 is 10.1 Å². The van der Waals surface area contributed by atoms with E-state index in [1.165, 1.54) is 7.11 Å². The molecule has 3 aromatic rings. The Balaban J connectivity index is 1.59. The number of carbonyl (C=O) groups is 1. The average Bonchev–Trinajstić information content (AvgIpc) is 3.30. The van der Waals surface area contributed by atoms with Crippen LogP contribution in [0.5, 0.6) is 5.88 Å². The zero-order chi connectivity index (χ0) is 18.4. The number of anilines is 1. The molecule has 2 aromatic heterocycles. The molecule has 0 atom stereocenters. The summed E-state index contributed by atoms with van der Waals surface area (Å²) in [6.45, 7) is 0.357. The van der Waals surface area contributed by atoms with Gasteiger partial charge in [-0.1, -0.05) is 12.1 Å². The predicted molar refractivity (Wildman–Crippen MR) is 92.5 cm³/mol. The van der Waals surface area contributed by atoms with E-state index in [9.17, 15) is 4.79 Å². The average molecular weight is 357 g/mol. The van der Waals surface area contributed by atoms with Gasteiger partial charge >= 0.3 is 0 Å². The Morgan fingerprint density at radius 1 is 1.31 bits per heavy atom. The molecule has 0 fully saturated rings. The van der Waals surface area contributed by atoms with Crippen LogP contribution in [0.25, 0.3) is 11.4 Å². The number of hydrogen-bond acceptors (Lipinski definition) is 7. The minimum Gasteiger partial charge on any atom is -0.479 e. The van der Waals surface area contributed by atoms with Gasteiger partial charge in [-0.15, -0.1) is 0 Å².